The lowest BCUT2D eigenvalue weighted by atomic mass is 9.85. The summed E-state index contributed by atoms with van der Waals surface area (Å²) in [5, 5.41) is 0. The Labute approximate surface area is 104 Å². The van der Waals surface area contributed by atoms with Gasteiger partial charge in [0.15, 0.2) is 0 Å². The lowest BCUT2D eigenvalue weighted by molar-refractivity contribution is -0.142. The SMILES string of the molecule is CCC(C(=O)OC)c1c(C)c(C)cc(C)c1C. The van der Waals surface area contributed by atoms with Crippen LogP contribution >= 0.6 is 0 Å². The van der Waals surface area contributed by atoms with Gasteiger partial charge in [-0.25, -0.2) is 0 Å². The minimum atomic E-state index is -0.140. The highest BCUT2D eigenvalue weighted by Gasteiger charge is 2.24. The molecule has 0 amide bonds. The second kappa shape index (κ2) is 5.35. The van der Waals surface area contributed by atoms with Gasteiger partial charge in [-0.3, -0.25) is 4.79 Å². The maximum atomic E-state index is 11.8. The quantitative estimate of drug-likeness (QED) is 0.747. The van der Waals surface area contributed by atoms with Crippen molar-refractivity contribution in [2.45, 2.75) is 47.0 Å². The van der Waals surface area contributed by atoms with Crippen LogP contribution in [0.1, 0.15) is 47.1 Å². The number of hydrogen-bond donors (Lipinski definition) is 0. The largest absolute Gasteiger partial charge is 0.469 e. The minimum absolute atomic E-state index is 0.135. The van der Waals surface area contributed by atoms with Crippen molar-refractivity contribution in [2.24, 2.45) is 0 Å². The number of benzene rings is 1. The van der Waals surface area contributed by atoms with Gasteiger partial charge in [-0.15, -0.1) is 0 Å². The zero-order chi connectivity index (χ0) is 13.2. The predicted molar refractivity (Wildman–Crippen MR) is 70.4 cm³/mol. The van der Waals surface area contributed by atoms with Gasteiger partial charge in [-0.1, -0.05) is 13.0 Å². The van der Waals surface area contributed by atoms with E-state index >= 15 is 0 Å². The molecule has 17 heavy (non-hydrogen) atoms. The summed E-state index contributed by atoms with van der Waals surface area (Å²) in [6.07, 6.45) is 0.775. The smallest absolute Gasteiger partial charge is 0.313 e. The van der Waals surface area contributed by atoms with Gasteiger partial charge >= 0.3 is 5.97 Å². The summed E-state index contributed by atoms with van der Waals surface area (Å²) >= 11 is 0. The Balaban J connectivity index is 3.42. The van der Waals surface area contributed by atoms with Gasteiger partial charge < -0.3 is 4.74 Å². The molecule has 0 saturated heterocycles. The van der Waals surface area contributed by atoms with Gasteiger partial charge in [-0.05, 0) is 61.9 Å². The highest BCUT2D eigenvalue weighted by atomic mass is 16.5. The second-order valence-electron chi connectivity index (χ2n) is 4.66. The molecule has 0 fully saturated rings. The number of rotatable bonds is 3. The Kier molecular flexibility index (Phi) is 4.33. The first-order valence-electron chi connectivity index (χ1n) is 6.09. The first-order valence-corrected chi connectivity index (χ1v) is 6.09. The summed E-state index contributed by atoms with van der Waals surface area (Å²) in [6.45, 7) is 10.4. The van der Waals surface area contributed by atoms with Crippen LogP contribution in [0.3, 0.4) is 0 Å². The van der Waals surface area contributed by atoms with Gasteiger partial charge in [0.05, 0.1) is 13.0 Å². The van der Waals surface area contributed by atoms with E-state index in [9.17, 15) is 4.79 Å². The summed E-state index contributed by atoms with van der Waals surface area (Å²) in [5.74, 6) is -0.276. The number of methoxy groups -OCH3 is 1. The minimum Gasteiger partial charge on any atom is -0.469 e. The van der Waals surface area contributed by atoms with Gasteiger partial charge in [0.25, 0.3) is 0 Å². The van der Waals surface area contributed by atoms with Crippen molar-refractivity contribution in [3.05, 3.63) is 33.9 Å². The number of hydrogen-bond acceptors (Lipinski definition) is 2. The standard InChI is InChI=1S/C15H22O2/c1-7-13(15(16)17-6)14-11(4)9(2)8-10(3)12(14)5/h8,13H,7H2,1-6H3. The number of ether oxygens (including phenoxy) is 1. The second-order valence-corrected chi connectivity index (χ2v) is 4.66. The molecule has 1 aromatic rings. The molecule has 0 aliphatic rings. The van der Waals surface area contributed by atoms with E-state index in [0.29, 0.717) is 0 Å². The molecule has 0 heterocycles. The van der Waals surface area contributed by atoms with Crippen molar-refractivity contribution in [1.82, 2.24) is 0 Å². The molecular formula is C15H22O2. The Morgan fingerprint density at radius 3 is 2.00 bits per heavy atom. The van der Waals surface area contributed by atoms with Gasteiger partial charge in [0.2, 0.25) is 0 Å². The average Bonchev–Trinajstić information content (AvgIpc) is 2.31. The fourth-order valence-corrected chi connectivity index (χ4v) is 2.40. The zero-order valence-electron chi connectivity index (χ0n) is 11.7. The van der Waals surface area contributed by atoms with Crippen LogP contribution in [0, 0.1) is 27.7 Å². The third-order valence-corrected chi connectivity index (χ3v) is 3.67. The van der Waals surface area contributed by atoms with Crippen LogP contribution in [0.2, 0.25) is 0 Å². The first kappa shape index (κ1) is 13.8. The molecular weight excluding hydrogens is 212 g/mol. The van der Waals surface area contributed by atoms with Gasteiger partial charge in [-0.2, -0.15) is 0 Å². The van der Waals surface area contributed by atoms with Gasteiger partial charge in [0.1, 0.15) is 0 Å². The summed E-state index contributed by atoms with van der Waals surface area (Å²) < 4.78 is 4.91. The molecule has 2 heteroatoms. The molecule has 0 radical (unpaired) electrons. The van der Waals surface area contributed by atoms with Crippen LogP contribution in [-0.2, 0) is 9.53 Å². The normalized spacial score (nSPS) is 12.4. The molecule has 1 aromatic carbocycles. The number of esters is 1. The Morgan fingerprint density at radius 2 is 1.65 bits per heavy atom. The third-order valence-electron chi connectivity index (χ3n) is 3.67. The van der Waals surface area contributed by atoms with Crippen LogP contribution in [0.4, 0.5) is 0 Å². The van der Waals surface area contributed by atoms with E-state index in [1.807, 2.05) is 6.92 Å². The maximum Gasteiger partial charge on any atom is 0.313 e. The summed E-state index contributed by atoms with van der Waals surface area (Å²) in [6, 6.07) is 2.18. The fourth-order valence-electron chi connectivity index (χ4n) is 2.40. The zero-order valence-corrected chi connectivity index (χ0v) is 11.7. The highest BCUT2D eigenvalue weighted by Crippen LogP contribution is 2.31. The molecule has 0 bridgehead atoms. The molecule has 0 aromatic heterocycles. The van der Waals surface area contributed by atoms with Crippen LogP contribution in [0.25, 0.3) is 0 Å². The molecule has 1 rings (SSSR count). The van der Waals surface area contributed by atoms with E-state index in [0.717, 1.165) is 12.0 Å². The molecule has 1 unspecified atom stereocenters. The summed E-state index contributed by atoms with van der Waals surface area (Å²) in [5.41, 5.74) is 6.06. The molecule has 1 atom stereocenters. The lowest BCUT2D eigenvalue weighted by Crippen LogP contribution is -2.17. The predicted octanol–water partition coefficient (Wildman–Crippen LogP) is 3.59. The van der Waals surface area contributed by atoms with Crippen molar-refractivity contribution in [3.63, 3.8) is 0 Å². The van der Waals surface area contributed by atoms with Crippen LogP contribution in [0.5, 0.6) is 0 Å². The number of carbonyl (C=O) groups excluding carboxylic acids is 1. The molecule has 0 aliphatic carbocycles. The van der Waals surface area contributed by atoms with Crippen molar-refractivity contribution in [3.8, 4) is 0 Å². The average molecular weight is 234 g/mol. The number of carbonyl (C=O) groups is 1. The Bertz CT molecular complexity index is 407. The Hall–Kier alpha value is -1.31. The topological polar surface area (TPSA) is 26.3 Å². The van der Waals surface area contributed by atoms with Crippen LogP contribution in [-0.4, -0.2) is 13.1 Å². The summed E-state index contributed by atoms with van der Waals surface area (Å²) in [4.78, 5) is 11.8. The highest BCUT2D eigenvalue weighted by molar-refractivity contribution is 5.79. The van der Waals surface area contributed by atoms with Crippen LogP contribution in [0.15, 0.2) is 6.07 Å². The van der Waals surface area contributed by atoms with Crippen molar-refractivity contribution >= 4 is 5.97 Å². The Morgan fingerprint density at radius 1 is 1.18 bits per heavy atom. The van der Waals surface area contributed by atoms with Gasteiger partial charge in [0, 0.05) is 0 Å². The molecule has 94 valence electrons. The maximum absolute atomic E-state index is 11.8. The molecule has 2 nitrogen and oxygen atoms in total. The fraction of sp³-hybridized carbons (Fsp3) is 0.533. The van der Waals surface area contributed by atoms with Crippen molar-refractivity contribution in [1.29, 1.82) is 0 Å². The summed E-state index contributed by atoms with van der Waals surface area (Å²) in [7, 11) is 1.46. The van der Waals surface area contributed by atoms with E-state index in [2.05, 4.69) is 33.8 Å². The molecule has 0 aliphatic heterocycles. The monoisotopic (exact) mass is 234 g/mol. The number of aryl methyl sites for hydroxylation is 2. The van der Waals surface area contributed by atoms with E-state index in [1.54, 1.807) is 0 Å². The van der Waals surface area contributed by atoms with E-state index in [-0.39, 0.29) is 11.9 Å². The lowest BCUT2D eigenvalue weighted by Gasteiger charge is -2.21. The van der Waals surface area contributed by atoms with Crippen LogP contribution < -0.4 is 0 Å². The van der Waals surface area contributed by atoms with Crippen molar-refractivity contribution < 1.29 is 9.53 Å². The third kappa shape index (κ3) is 2.51. The van der Waals surface area contributed by atoms with E-state index in [4.69, 9.17) is 4.74 Å². The first-order chi connectivity index (χ1) is 7.93. The molecule has 0 spiro atoms. The molecule has 0 N–H and O–H groups in total. The van der Waals surface area contributed by atoms with E-state index < -0.39 is 0 Å². The van der Waals surface area contributed by atoms with Crippen molar-refractivity contribution in [2.75, 3.05) is 7.11 Å². The molecule has 0 saturated carbocycles. The van der Waals surface area contributed by atoms with E-state index in [1.165, 1.54) is 29.4 Å².